The van der Waals surface area contributed by atoms with Crippen molar-refractivity contribution in [1.29, 1.82) is 0 Å². The van der Waals surface area contributed by atoms with E-state index in [1.165, 1.54) is 33.9 Å². The topological polar surface area (TPSA) is 54.5 Å². The molecule has 0 amide bonds. The number of rotatable bonds is 14. The minimum absolute atomic E-state index is 0. The second kappa shape index (κ2) is 26.6. The van der Waals surface area contributed by atoms with E-state index in [9.17, 15) is 0 Å². The van der Waals surface area contributed by atoms with Crippen LogP contribution in [0, 0.1) is 50.3 Å². The Hall–Kier alpha value is -8.78. The Labute approximate surface area is 534 Å². The number of ether oxygens (including phenoxy) is 1. The molecular weight excluding hydrogens is 1420 g/mol. The van der Waals surface area contributed by atoms with E-state index in [0.29, 0.717) is 22.9 Å². The molecule has 9 nitrogen and oxygen atoms in total. The molecule has 1 radical (unpaired) electrons. The summed E-state index contributed by atoms with van der Waals surface area (Å²) in [6.45, 7) is 15.1. The molecule has 0 N–H and O–H groups in total. The molecule has 5 heterocycles. The molecule has 0 fully saturated rings. The molecule has 11 aromatic rings. The monoisotopic (exact) mass is 1480 g/mol. The van der Waals surface area contributed by atoms with Crippen molar-refractivity contribution in [3.63, 3.8) is 0 Å². The first-order valence-corrected chi connectivity index (χ1v) is 28.5. The van der Waals surface area contributed by atoms with Gasteiger partial charge in [-0.25, -0.2) is 6.07 Å². The van der Waals surface area contributed by atoms with Gasteiger partial charge in [0.05, 0.1) is 0 Å². The summed E-state index contributed by atoms with van der Waals surface area (Å²) in [5.41, 5.74) is 17.9. The van der Waals surface area contributed by atoms with Crippen LogP contribution in [0.2, 0.25) is 0 Å². The fraction of sp³-hybridized carbons (Fsp3) is 0.107. The number of fused-ring (bicyclic) bond motifs is 3. The number of hydrogen-bond acceptors (Lipinski definition) is 9. The summed E-state index contributed by atoms with van der Waals surface area (Å²) in [6.07, 6.45) is 5.62. The summed E-state index contributed by atoms with van der Waals surface area (Å²) in [6, 6.07) is 96.2. The molecule has 0 atom stereocenters. The molecule has 0 aliphatic carbocycles. The van der Waals surface area contributed by atoms with Crippen LogP contribution in [0.1, 0.15) is 39.2 Å². The molecule has 0 saturated heterocycles. The zero-order valence-electron chi connectivity index (χ0n) is 47.8. The summed E-state index contributed by atoms with van der Waals surface area (Å²) in [4.78, 5) is 22.5. The zero-order chi connectivity index (χ0) is 56.8. The maximum Gasteiger partial charge on any atom is 0.0344 e. The van der Waals surface area contributed by atoms with Gasteiger partial charge in [0.15, 0.2) is 0 Å². The Bertz CT molecular complexity index is 3870. The minimum atomic E-state index is -0.147. The molecule has 86 heavy (non-hydrogen) atoms. The van der Waals surface area contributed by atoms with E-state index in [4.69, 9.17) is 4.74 Å². The van der Waals surface area contributed by atoms with Crippen LogP contribution >= 0.6 is 0 Å². The van der Waals surface area contributed by atoms with Crippen LogP contribution in [0.4, 0.5) is 56.9 Å². The molecule has 3 aliphatic heterocycles. The third kappa shape index (κ3) is 12.9. The van der Waals surface area contributed by atoms with Gasteiger partial charge < -0.3 is 44.1 Å². The predicted molar refractivity (Wildman–Crippen MR) is 342 cm³/mol. The summed E-state index contributed by atoms with van der Waals surface area (Å²) in [5.74, 6) is 1.12. The maximum absolute atomic E-state index is 6.46. The molecule has 9 aromatic carbocycles. The minimum Gasteiger partial charge on any atom is -0.510 e. The molecule has 2 aromatic heterocycles. The molecule has 433 valence electrons. The van der Waals surface area contributed by atoms with Crippen LogP contribution in [0.15, 0.2) is 243 Å². The second-order valence-electron chi connectivity index (χ2n) is 21.8. The van der Waals surface area contributed by atoms with E-state index < -0.39 is 0 Å². The van der Waals surface area contributed by atoms with Crippen LogP contribution in [0.5, 0.6) is 11.5 Å². The molecule has 0 bridgehead atoms. The molecule has 14 rings (SSSR count). The van der Waals surface area contributed by atoms with Gasteiger partial charge >= 0.3 is 0 Å². The standard InChI is InChI=1S/C45H34N4O.C30H26N4.Ir.Pt/c1-45(2,3)36-27-38(29-40(28-36)50-39-21-23-47-42(30-39)41-18-12-13-22-46-41)49-31-48(43-19-10-11-20-44(43)49)37-25-34(32-14-6-4-7-15-32)24-35(26-37)33-16-8-5-9-17-33;1-3-13-25(14-4-1)33-23-31(27-17-7-9-19-29(27)33)21-11-12-22-32-24-34(26-15-5-2-6-16-26)30-20-10-8-18-28(30)32;;/h4-17,19-28,31H,1-3H3;1-10,13,15,17-20,23-24H,11-12,21-22H2;;/q2*-4;;. The van der Waals surface area contributed by atoms with E-state index in [0.717, 1.165) is 76.7 Å². The molecular formula is C75H60IrN8OPt-8. The van der Waals surface area contributed by atoms with E-state index in [-0.39, 0.29) is 46.6 Å². The van der Waals surface area contributed by atoms with E-state index in [2.05, 4.69) is 299 Å². The van der Waals surface area contributed by atoms with Gasteiger partial charge in [-0.2, -0.15) is 86.1 Å². The second-order valence-corrected chi connectivity index (χ2v) is 21.8. The number of pyridine rings is 2. The normalized spacial score (nSPS) is 13.0. The summed E-state index contributed by atoms with van der Waals surface area (Å²) in [5, 5.41) is 0. The number of para-hydroxylation sites is 8. The van der Waals surface area contributed by atoms with Gasteiger partial charge in [0.1, 0.15) is 0 Å². The van der Waals surface area contributed by atoms with E-state index in [1.54, 1.807) is 18.5 Å². The van der Waals surface area contributed by atoms with Crippen molar-refractivity contribution >= 4 is 56.9 Å². The number of hydrogen-bond donors (Lipinski definition) is 0. The van der Waals surface area contributed by atoms with Crippen LogP contribution in [0.25, 0.3) is 33.6 Å². The summed E-state index contributed by atoms with van der Waals surface area (Å²) < 4.78 is 6.46. The summed E-state index contributed by atoms with van der Waals surface area (Å²) >= 11 is 0. The van der Waals surface area contributed by atoms with Gasteiger partial charge in [0, 0.05) is 92.5 Å². The smallest absolute Gasteiger partial charge is 0.0344 e. The van der Waals surface area contributed by atoms with E-state index >= 15 is 0 Å². The van der Waals surface area contributed by atoms with Crippen molar-refractivity contribution in [3.05, 3.63) is 299 Å². The third-order valence-electron chi connectivity index (χ3n) is 15.1. The molecule has 0 unspecified atom stereocenters. The molecule has 11 heteroatoms. The van der Waals surface area contributed by atoms with Crippen LogP contribution < -0.4 is 34.1 Å². The summed E-state index contributed by atoms with van der Waals surface area (Å²) in [7, 11) is 0. The Morgan fingerprint density at radius 3 is 1.40 bits per heavy atom. The fourth-order valence-corrected chi connectivity index (χ4v) is 10.8. The van der Waals surface area contributed by atoms with E-state index in [1.807, 2.05) is 36.4 Å². The number of aromatic nitrogens is 2. The Morgan fingerprint density at radius 1 is 0.407 bits per heavy atom. The molecule has 0 spiro atoms. The van der Waals surface area contributed by atoms with Gasteiger partial charge in [-0.1, -0.05) is 118 Å². The van der Waals surface area contributed by atoms with Gasteiger partial charge in [-0.15, -0.1) is 71.0 Å². The van der Waals surface area contributed by atoms with Gasteiger partial charge in [0.25, 0.3) is 0 Å². The Kier molecular flexibility index (Phi) is 18.3. The third-order valence-corrected chi connectivity index (χ3v) is 15.1. The van der Waals surface area contributed by atoms with Crippen molar-refractivity contribution in [2.75, 3.05) is 42.5 Å². The first kappa shape index (κ1) is 59.0. The van der Waals surface area contributed by atoms with Crippen molar-refractivity contribution in [1.82, 2.24) is 9.97 Å². The van der Waals surface area contributed by atoms with Crippen molar-refractivity contribution in [2.24, 2.45) is 0 Å². The number of benzene rings is 9. The SMILES string of the molecule is CC(C)(C)c1cc(Oc2[c-]c(-c3[c-]cccn3)ncc2)[c-]c(N2[CH-]N(c3cc(-c4ccccc4)cc(-c4ccccc4)c3)c3ccccc32)c1.[Ir].[Pt].[c-]1ccccc1N1[CH-]N(CCCCN2[CH-]N(c3[c-]cccc3)c3ccccc32)c2ccccc21. The number of anilines is 10. The van der Waals surface area contributed by atoms with Crippen LogP contribution in [-0.2, 0) is 46.6 Å². The quantitative estimate of drug-likeness (QED) is 0.0783. The van der Waals surface area contributed by atoms with Gasteiger partial charge in [-0.05, 0) is 121 Å². The number of nitrogens with zero attached hydrogens (tertiary/aromatic N) is 8. The first-order chi connectivity index (χ1) is 41.3. The van der Waals surface area contributed by atoms with Gasteiger partial charge in [-0.3, -0.25) is 0 Å². The van der Waals surface area contributed by atoms with Crippen molar-refractivity contribution < 1.29 is 45.9 Å². The predicted octanol–water partition coefficient (Wildman–Crippen LogP) is 18.3. The molecule has 3 aliphatic rings. The van der Waals surface area contributed by atoms with Crippen molar-refractivity contribution in [2.45, 2.75) is 39.0 Å². The fourth-order valence-electron chi connectivity index (χ4n) is 10.8. The van der Waals surface area contributed by atoms with Crippen molar-refractivity contribution in [3.8, 4) is 45.1 Å². The number of unbranched alkanes of at least 4 members (excludes halogenated alkanes) is 1. The van der Waals surface area contributed by atoms with Gasteiger partial charge in [0.2, 0.25) is 0 Å². The first-order valence-electron chi connectivity index (χ1n) is 28.5. The Balaban J connectivity index is 0.000000187. The zero-order valence-corrected chi connectivity index (χ0v) is 52.5. The average Bonchev–Trinajstić information content (AvgIpc) is 3.49. The maximum atomic E-state index is 6.46. The Morgan fingerprint density at radius 2 is 0.884 bits per heavy atom. The van der Waals surface area contributed by atoms with Crippen LogP contribution in [-0.4, -0.2) is 23.1 Å². The molecule has 0 saturated carbocycles. The average molecular weight is 1480 g/mol. The van der Waals surface area contributed by atoms with Crippen LogP contribution in [0.3, 0.4) is 0 Å². The largest absolute Gasteiger partial charge is 0.510 e.